The SMILES string of the molecule is CCCCCCCC/C=C/CCCC(O)C(O)C(COC1OC(CO)C(O)C(O)C1O)NC(=O)C(O)CCCCCCCCCCCCCCCCCCCCCCCCCCCCCCCCCCCC. The van der Waals surface area contributed by atoms with Gasteiger partial charge in [-0.15, -0.1) is 0 Å². The fraction of sp³-hybridized carbons (Fsp3) is 0.951. The molecule has 8 N–H and O–H groups in total. The normalized spacial score (nSPS) is 20.0. The highest BCUT2D eigenvalue weighted by atomic mass is 16.7. The molecule has 1 heterocycles. The summed E-state index contributed by atoms with van der Waals surface area (Å²) in [7, 11) is 0. The van der Waals surface area contributed by atoms with E-state index in [9.17, 15) is 40.5 Å². The minimum Gasteiger partial charge on any atom is -0.394 e. The van der Waals surface area contributed by atoms with Crippen molar-refractivity contribution < 1.29 is 50.0 Å². The van der Waals surface area contributed by atoms with E-state index in [4.69, 9.17) is 9.47 Å². The molecule has 72 heavy (non-hydrogen) atoms. The summed E-state index contributed by atoms with van der Waals surface area (Å²) in [4.78, 5) is 13.2. The van der Waals surface area contributed by atoms with Crippen molar-refractivity contribution in [1.82, 2.24) is 5.32 Å². The van der Waals surface area contributed by atoms with Crippen molar-refractivity contribution >= 4 is 5.91 Å². The van der Waals surface area contributed by atoms with Crippen LogP contribution in [0.25, 0.3) is 0 Å². The highest BCUT2D eigenvalue weighted by Crippen LogP contribution is 2.24. The minimum atomic E-state index is -1.66. The molecule has 1 saturated heterocycles. The van der Waals surface area contributed by atoms with E-state index in [1.54, 1.807) is 0 Å². The van der Waals surface area contributed by atoms with Gasteiger partial charge in [0.05, 0.1) is 25.4 Å². The van der Waals surface area contributed by atoms with Gasteiger partial charge >= 0.3 is 0 Å². The van der Waals surface area contributed by atoms with Crippen LogP contribution in [0.3, 0.4) is 0 Å². The van der Waals surface area contributed by atoms with E-state index < -0.39 is 74.2 Å². The predicted molar refractivity (Wildman–Crippen MR) is 298 cm³/mol. The third-order valence-electron chi connectivity index (χ3n) is 15.3. The molecule has 9 unspecified atom stereocenters. The summed E-state index contributed by atoms with van der Waals surface area (Å²) in [6.07, 6.45) is 48.9. The highest BCUT2D eigenvalue weighted by Gasteiger charge is 2.44. The van der Waals surface area contributed by atoms with Crippen LogP contribution in [0.5, 0.6) is 0 Å². The fourth-order valence-electron chi connectivity index (χ4n) is 10.3. The van der Waals surface area contributed by atoms with E-state index in [2.05, 4.69) is 31.3 Å². The standard InChI is InChI=1S/C61H119NO10/c1-3-5-7-9-11-13-15-16-17-18-19-20-21-22-23-24-25-26-27-28-29-30-31-32-33-34-35-36-37-39-41-43-45-47-49-54(65)60(70)62-52(51-71-61-59(69)58(68)57(67)55(50-63)72-61)56(66)53(64)48-46-44-42-40-38-14-12-10-8-6-4-2/h40,42,52-59,61,63-69H,3-39,41,43-51H2,1-2H3,(H,62,70)/b42-40+. The van der Waals surface area contributed by atoms with Gasteiger partial charge in [0, 0.05) is 0 Å². The molecule has 1 aliphatic rings. The van der Waals surface area contributed by atoms with Crippen molar-refractivity contribution in [2.75, 3.05) is 13.2 Å². The van der Waals surface area contributed by atoms with E-state index in [0.29, 0.717) is 12.8 Å². The van der Waals surface area contributed by atoms with E-state index in [1.165, 1.54) is 225 Å². The second-order valence-electron chi connectivity index (χ2n) is 22.1. The van der Waals surface area contributed by atoms with Crippen LogP contribution < -0.4 is 5.32 Å². The first kappa shape index (κ1) is 68.9. The molecule has 1 aliphatic heterocycles. The van der Waals surface area contributed by atoms with Gasteiger partial charge in [-0.25, -0.2) is 0 Å². The van der Waals surface area contributed by atoms with Crippen molar-refractivity contribution in [1.29, 1.82) is 0 Å². The number of nitrogens with one attached hydrogen (secondary N) is 1. The number of aliphatic hydroxyl groups is 7. The number of allylic oxidation sites excluding steroid dienone is 2. The number of aliphatic hydroxyl groups excluding tert-OH is 7. The molecule has 0 radical (unpaired) electrons. The van der Waals surface area contributed by atoms with Gasteiger partial charge in [0.1, 0.15) is 36.6 Å². The molecule has 0 aromatic rings. The maximum Gasteiger partial charge on any atom is 0.249 e. The largest absolute Gasteiger partial charge is 0.394 e. The fourth-order valence-corrected chi connectivity index (χ4v) is 10.3. The van der Waals surface area contributed by atoms with E-state index in [1.807, 2.05) is 0 Å². The number of amides is 1. The zero-order chi connectivity index (χ0) is 52.5. The van der Waals surface area contributed by atoms with Crippen molar-refractivity contribution in [3.05, 3.63) is 12.2 Å². The first-order valence-corrected chi connectivity index (χ1v) is 31.1. The van der Waals surface area contributed by atoms with Gasteiger partial charge in [-0.1, -0.05) is 276 Å². The second kappa shape index (κ2) is 50.7. The molecule has 1 fully saturated rings. The molecule has 0 bridgehead atoms. The molecule has 0 aromatic heterocycles. The average molecular weight is 1030 g/mol. The third-order valence-corrected chi connectivity index (χ3v) is 15.3. The molecule has 1 amide bonds. The lowest BCUT2D eigenvalue weighted by Gasteiger charge is -2.40. The van der Waals surface area contributed by atoms with Crippen LogP contribution in [0.2, 0.25) is 0 Å². The number of unbranched alkanes of at least 4 members (excludes halogenated alkanes) is 40. The zero-order valence-electron chi connectivity index (χ0n) is 46.9. The number of carbonyl (C=O) groups is 1. The molecular weight excluding hydrogens is 907 g/mol. The number of hydrogen-bond acceptors (Lipinski definition) is 10. The van der Waals surface area contributed by atoms with Crippen LogP contribution in [0.4, 0.5) is 0 Å². The summed E-state index contributed by atoms with van der Waals surface area (Å²) in [5.74, 6) is -0.702. The van der Waals surface area contributed by atoms with Crippen molar-refractivity contribution in [3.63, 3.8) is 0 Å². The topological polar surface area (TPSA) is 189 Å². The molecule has 0 aromatic carbocycles. The molecule has 0 aliphatic carbocycles. The average Bonchev–Trinajstić information content (AvgIpc) is 3.38. The monoisotopic (exact) mass is 1030 g/mol. The van der Waals surface area contributed by atoms with Gasteiger partial charge in [0.15, 0.2) is 6.29 Å². The van der Waals surface area contributed by atoms with Crippen molar-refractivity contribution in [2.24, 2.45) is 0 Å². The summed E-state index contributed by atoms with van der Waals surface area (Å²) < 4.78 is 11.1. The summed E-state index contributed by atoms with van der Waals surface area (Å²) >= 11 is 0. The Kier molecular flexibility index (Phi) is 48.4. The van der Waals surface area contributed by atoms with Crippen molar-refractivity contribution in [2.45, 2.75) is 358 Å². The van der Waals surface area contributed by atoms with Gasteiger partial charge in [-0.2, -0.15) is 0 Å². The lowest BCUT2D eigenvalue weighted by atomic mass is 9.98. The maximum atomic E-state index is 13.2. The summed E-state index contributed by atoms with van der Waals surface area (Å²) in [5, 5.41) is 75.9. The van der Waals surface area contributed by atoms with Crippen LogP contribution in [-0.4, -0.2) is 110 Å². The van der Waals surface area contributed by atoms with Gasteiger partial charge in [0.2, 0.25) is 5.91 Å². The minimum absolute atomic E-state index is 0.259. The Labute approximate surface area is 442 Å². The Morgan fingerprint density at radius 3 is 1.19 bits per heavy atom. The summed E-state index contributed by atoms with van der Waals surface area (Å²) in [6.45, 7) is 3.44. The Morgan fingerprint density at radius 1 is 0.472 bits per heavy atom. The van der Waals surface area contributed by atoms with Crippen LogP contribution in [0, 0.1) is 0 Å². The van der Waals surface area contributed by atoms with Crippen LogP contribution in [0.1, 0.15) is 303 Å². The van der Waals surface area contributed by atoms with Gasteiger partial charge in [0.25, 0.3) is 0 Å². The molecule has 11 heteroatoms. The maximum absolute atomic E-state index is 13.2. The van der Waals surface area contributed by atoms with E-state index >= 15 is 0 Å². The molecule has 11 nitrogen and oxygen atoms in total. The lowest BCUT2D eigenvalue weighted by Crippen LogP contribution is -2.60. The summed E-state index contributed by atoms with van der Waals surface area (Å²) in [6, 6.07) is -1.18. The molecule has 9 atom stereocenters. The van der Waals surface area contributed by atoms with Crippen LogP contribution >= 0.6 is 0 Å². The number of carbonyl (C=O) groups excluding carboxylic acids is 1. The number of rotatable bonds is 54. The Balaban J connectivity index is 2.12. The van der Waals surface area contributed by atoms with Gasteiger partial charge < -0.3 is 50.5 Å². The molecule has 0 saturated carbocycles. The van der Waals surface area contributed by atoms with Gasteiger partial charge in [-0.3, -0.25) is 4.79 Å². The number of hydrogen-bond donors (Lipinski definition) is 8. The first-order chi connectivity index (χ1) is 35.2. The molecule has 1 rings (SSSR count). The quantitative estimate of drug-likeness (QED) is 0.0215. The predicted octanol–water partition coefficient (Wildman–Crippen LogP) is 13.5. The van der Waals surface area contributed by atoms with Gasteiger partial charge in [-0.05, 0) is 38.5 Å². The highest BCUT2D eigenvalue weighted by molar-refractivity contribution is 5.80. The Hall–Kier alpha value is -1.15. The lowest BCUT2D eigenvalue weighted by molar-refractivity contribution is -0.303. The Bertz CT molecular complexity index is 1180. The zero-order valence-corrected chi connectivity index (χ0v) is 46.9. The molecular formula is C61H119NO10. The van der Waals surface area contributed by atoms with E-state index in [-0.39, 0.29) is 12.8 Å². The Morgan fingerprint density at radius 2 is 0.819 bits per heavy atom. The molecule has 428 valence electrons. The van der Waals surface area contributed by atoms with Crippen LogP contribution in [-0.2, 0) is 14.3 Å². The van der Waals surface area contributed by atoms with Crippen LogP contribution in [0.15, 0.2) is 12.2 Å². The van der Waals surface area contributed by atoms with Crippen molar-refractivity contribution in [3.8, 4) is 0 Å². The van der Waals surface area contributed by atoms with E-state index in [0.717, 1.165) is 38.5 Å². The number of ether oxygens (including phenoxy) is 2. The second-order valence-corrected chi connectivity index (χ2v) is 22.1. The third kappa shape index (κ3) is 38.4. The summed E-state index contributed by atoms with van der Waals surface area (Å²) in [5.41, 5.74) is 0. The smallest absolute Gasteiger partial charge is 0.249 e. The molecule has 0 spiro atoms. The first-order valence-electron chi connectivity index (χ1n) is 31.1.